The number of aryl methyl sites for hydroxylation is 1. The van der Waals surface area contributed by atoms with E-state index < -0.39 is 5.91 Å². The Kier molecular flexibility index (Phi) is 4.62. The van der Waals surface area contributed by atoms with Gasteiger partial charge >= 0.3 is 0 Å². The summed E-state index contributed by atoms with van der Waals surface area (Å²) in [5.74, 6) is -1.05. The van der Waals surface area contributed by atoms with Crippen molar-refractivity contribution in [2.45, 2.75) is 13.5 Å². The number of rotatable bonds is 5. The van der Waals surface area contributed by atoms with Gasteiger partial charge in [0.15, 0.2) is 5.69 Å². The maximum Gasteiger partial charge on any atom is 0.271 e. The highest BCUT2D eigenvalue weighted by molar-refractivity contribution is 7.13. The van der Waals surface area contributed by atoms with Crippen LogP contribution in [-0.4, -0.2) is 26.6 Å². The Bertz CT molecular complexity index is 1180. The molecule has 0 atom stereocenters. The van der Waals surface area contributed by atoms with E-state index in [2.05, 4.69) is 15.4 Å². The van der Waals surface area contributed by atoms with Crippen molar-refractivity contribution in [1.82, 2.24) is 14.8 Å². The number of hydrogen-bond donors (Lipinski definition) is 2. The van der Waals surface area contributed by atoms with E-state index in [-0.39, 0.29) is 17.3 Å². The van der Waals surface area contributed by atoms with Crippen LogP contribution in [-0.2, 0) is 6.54 Å². The van der Waals surface area contributed by atoms with Crippen molar-refractivity contribution in [3.05, 3.63) is 65.3 Å². The van der Waals surface area contributed by atoms with E-state index in [0.717, 1.165) is 21.5 Å². The zero-order valence-corrected chi connectivity index (χ0v) is 15.9. The monoisotopic (exact) mass is 391 g/mol. The van der Waals surface area contributed by atoms with Crippen molar-refractivity contribution in [3.63, 3.8) is 0 Å². The molecule has 0 saturated heterocycles. The molecule has 0 aliphatic rings. The minimum Gasteiger partial charge on any atom is -0.364 e. The first kappa shape index (κ1) is 17.9. The lowest BCUT2D eigenvalue weighted by atomic mass is 10.1. The summed E-state index contributed by atoms with van der Waals surface area (Å²) < 4.78 is 1.55. The van der Waals surface area contributed by atoms with Crippen molar-refractivity contribution < 1.29 is 9.59 Å². The van der Waals surface area contributed by atoms with Crippen molar-refractivity contribution in [2.24, 2.45) is 5.73 Å². The fourth-order valence-corrected chi connectivity index (χ4v) is 3.65. The van der Waals surface area contributed by atoms with Gasteiger partial charge in [0.2, 0.25) is 0 Å². The van der Waals surface area contributed by atoms with E-state index >= 15 is 0 Å². The van der Waals surface area contributed by atoms with Gasteiger partial charge < -0.3 is 11.1 Å². The van der Waals surface area contributed by atoms with Crippen LogP contribution in [0.4, 0.5) is 5.69 Å². The average Bonchev–Trinajstić information content (AvgIpc) is 3.37. The molecule has 0 aliphatic carbocycles. The van der Waals surface area contributed by atoms with Crippen molar-refractivity contribution in [2.75, 3.05) is 5.32 Å². The van der Waals surface area contributed by atoms with Gasteiger partial charge in [-0.05, 0) is 30.5 Å². The normalized spacial score (nSPS) is 10.9. The van der Waals surface area contributed by atoms with Gasteiger partial charge in [0, 0.05) is 18.1 Å². The first-order valence-corrected chi connectivity index (χ1v) is 9.57. The number of carbonyl (C=O) groups is 2. The van der Waals surface area contributed by atoms with Crippen LogP contribution in [0.1, 0.15) is 27.8 Å². The summed E-state index contributed by atoms with van der Waals surface area (Å²) >= 11 is 1.55. The second-order valence-electron chi connectivity index (χ2n) is 6.11. The molecule has 28 heavy (non-hydrogen) atoms. The quantitative estimate of drug-likeness (QED) is 0.543. The van der Waals surface area contributed by atoms with Crippen LogP contribution in [0.5, 0.6) is 0 Å². The molecular weight excluding hydrogens is 374 g/mol. The second-order valence-corrected chi connectivity index (χ2v) is 7.06. The Morgan fingerprint density at radius 2 is 2.04 bits per heavy atom. The summed E-state index contributed by atoms with van der Waals surface area (Å²) in [7, 11) is 0. The summed E-state index contributed by atoms with van der Waals surface area (Å²) in [5.41, 5.74) is 7.63. The highest BCUT2D eigenvalue weighted by Gasteiger charge is 2.19. The first-order valence-electron chi connectivity index (χ1n) is 8.69. The lowest BCUT2D eigenvalue weighted by molar-refractivity contribution is 0.0995. The fourth-order valence-electron chi connectivity index (χ4n) is 2.96. The fraction of sp³-hybridized carbons (Fsp3) is 0.100. The largest absolute Gasteiger partial charge is 0.364 e. The van der Waals surface area contributed by atoms with Crippen LogP contribution in [0, 0.1) is 0 Å². The number of fused-ring (bicyclic) bond motifs is 1. The molecule has 3 N–H and O–H groups in total. The molecule has 7 nitrogen and oxygen atoms in total. The lowest BCUT2D eigenvalue weighted by Crippen LogP contribution is -2.18. The predicted octanol–water partition coefficient (Wildman–Crippen LogP) is 3.53. The number of carbonyl (C=O) groups excluding carboxylic acids is 2. The molecule has 0 spiro atoms. The average molecular weight is 391 g/mol. The van der Waals surface area contributed by atoms with Crippen molar-refractivity contribution >= 4 is 39.7 Å². The summed E-state index contributed by atoms with van der Waals surface area (Å²) in [5, 5.41) is 9.58. The van der Waals surface area contributed by atoms with E-state index in [0.29, 0.717) is 12.1 Å². The predicted molar refractivity (Wildman–Crippen MR) is 109 cm³/mol. The Labute approximate surface area is 164 Å². The number of pyridine rings is 1. The molecule has 2 amide bonds. The van der Waals surface area contributed by atoms with Crippen molar-refractivity contribution in [3.8, 4) is 10.6 Å². The maximum absolute atomic E-state index is 13.1. The van der Waals surface area contributed by atoms with Gasteiger partial charge in [0.25, 0.3) is 11.8 Å². The molecular formula is C20H17N5O2S. The van der Waals surface area contributed by atoms with Crippen LogP contribution in [0.3, 0.4) is 0 Å². The van der Waals surface area contributed by atoms with Crippen LogP contribution in [0.15, 0.2) is 54.0 Å². The van der Waals surface area contributed by atoms with Crippen LogP contribution in [0.2, 0.25) is 0 Å². The number of para-hydroxylation sites is 1. The number of aromatic nitrogens is 3. The van der Waals surface area contributed by atoms with Gasteiger partial charge in [-0.25, -0.2) is 4.98 Å². The number of anilines is 1. The molecule has 0 radical (unpaired) electrons. The summed E-state index contributed by atoms with van der Waals surface area (Å²) in [4.78, 5) is 30.4. The van der Waals surface area contributed by atoms with Crippen LogP contribution >= 0.6 is 11.3 Å². The van der Waals surface area contributed by atoms with Crippen LogP contribution in [0.25, 0.3) is 21.5 Å². The summed E-state index contributed by atoms with van der Waals surface area (Å²) in [6.45, 7) is 2.43. The van der Waals surface area contributed by atoms with E-state index in [1.165, 1.54) is 0 Å². The van der Waals surface area contributed by atoms with Gasteiger partial charge in [-0.3, -0.25) is 14.3 Å². The number of primary amides is 1. The third kappa shape index (κ3) is 3.25. The molecule has 4 rings (SSSR count). The minimum absolute atomic E-state index is 0.0343. The number of benzene rings is 1. The van der Waals surface area contributed by atoms with E-state index in [1.807, 2.05) is 48.7 Å². The Morgan fingerprint density at radius 1 is 1.21 bits per heavy atom. The van der Waals surface area contributed by atoms with Gasteiger partial charge in [0.05, 0.1) is 27.3 Å². The summed E-state index contributed by atoms with van der Waals surface area (Å²) in [6.07, 6.45) is 1.60. The number of nitrogens with two attached hydrogens (primary N) is 1. The molecule has 3 heterocycles. The Hall–Kier alpha value is -3.52. The Balaban J connectivity index is 1.79. The first-order chi connectivity index (χ1) is 13.6. The SMILES string of the molecule is CCn1cc(NC(=O)c2cc(-c3cccs3)nc3ccccc23)c(C(N)=O)n1. The molecule has 0 saturated carbocycles. The van der Waals surface area contributed by atoms with Gasteiger partial charge in [-0.2, -0.15) is 5.10 Å². The van der Waals surface area contributed by atoms with Crippen molar-refractivity contribution in [1.29, 1.82) is 0 Å². The molecule has 140 valence electrons. The smallest absolute Gasteiger partial charge is 0.271 e. The van der Waals surface area contributed by atoms with E-state index in [4.69, 9.17) is 5.73 Å². The molecule has 0 unspecified atom stereocenters. The topological polar surface area (TPSA) is 103 Å². The number of thiophene rings is 1. The van der Waals surface area contributed by atoms with Gasteiger partial charge in [0.1, 0.15) is 0 Å². The van der Waals surface area contributed by atoms with E-state index in [9.17, 15) is 9.59 Å². The third-order valence-corrected chi connectivity index (χ3v) is 5.19. The van der Waals surface area contributed by atoms with Crippen LogP contribution < -0.4 is 11.1 Å². The molecule has 8 heteroatoms. The number of hydrogen-bond acceptors (Lipinski definition) is 5. The lowest BCUT2D eigenvalue weighted by Gasteiger charge is -2.09. The zero-order valence-electron chi connectivity index (χ0n) is 15.0. The molecule has 0 fully saturated rings. The molecule has 3 aromatic heterocycles. The summed E-state index contributed by atoms with van der Waals surface area (Å²) in [6, 6.07) is 13.1. The number of nitrogens with zero attached hydrogens (tertiary/aromatic N) is 3. The molecule has 1 aromatic carbocycles. The minimum atomic E-state index is -0.693. The van der Waals surface area contributed by atoms with Gasteiger partial charge in [-0.1, -0.05) is 24.3 Å². The molecule has 0 aliphatic heterocycles. The highest BCUT2D eigenvalue weighted by Crippen LogP contribution is 2.28. The molecule has 0 bridgehead atoms. The number of amides is 2. The Morgan fingerprint density at radius 3 is 2.75 bits per heavy atom. The maximum atomic E-state index is 13.1. The zero-order chi connectivity index (χ0) is 19.7. The van der Waals surface area contributed by atoms with Gasteiger partial charge in [-0.15, -0.1) is 11.3 Å². The molecule has 4 aromatic rings. The highest BCUT2D eigenvalue weighted by atomic mass is 32.1. The standard InChI is InChI=1S/C20H17N5O2S/c1-2-25-11-16(18(24-25)19(21)26)23-20(27)13-10-15(17-8-5-9-28-17)22-14-7-4-3-6-12(13)14/h3-11H,2H2,1H3,(H2,21,26)(H,23,27). The second kappa shape index (κ2) is 7.24. The third-order valence-electron chi connectivity index (χ3n) is 4.30. The van der Waals surface area contributed by atoms with E-state index in [1.54, 1.807) is 28.3 Å². The number of nitrogens with one attached hydrogen (secondary N) is 1.